The van der Waals surface area contributed by atoms with Crippen LogP contribution in [0.2, 0.25) is 0 Å². The van der Waals surface area contributed by atoms with Crippen molar-refractivity contribution in [3.8, 4) is 0 Å². The average molecular weight is 231 g/mol. The van der Waals surface area contributed by atoms with Gasteiger partial charge in [0, 0.05) is 38.8 Å². The van der Waals surface area contributed by atoms with Crippen LogP contribution >= 0.6 is 0 Å². The van der Waals surface area contributed by atoms with Gasteiger partial charge in [-0.05, 0) is 26.9 Å². The number of likely N-dealkylation sites (N-methyl/N-ethyl adjacent to an activating group) is 1. The van der Waals surface area contributed by atoms with Gasteiger partial charge in [0.15, 0.2) is 0 Å². The minimum absolute atomic E-state index is 0. The Labute approximate surface area is 96.0 Å². The van der Waals surface area contributed by atoms with Gasteiger partial charge in [-0.15, -0.1) is 6.04 Å². The molecule has 1 aliphatic rings. The smallest absolute Gasteiger partial charge is 0.00374 e. The van der Waals surface area contributed by atoms with E-state index in [9.17, 15) is 0 Å². The summed E-state index contributed by atoms with van der Waals surface area (Å²) in [6, 6.07) is 1.34. The molecule has 1 heterocycles. The van der Waals surface area contributed by atoms with Gasteiger partial charge >= 0.3 is 0 Å². The van der Waals surface area contributed by atoms with Crippen molar-refractivity contribution in [2.45, 2.75) is 25.9 Å². The molecule has 0 amide bonds. The molecule has 1 saturated heterocycles. The molecule has 0 aromatic rings. The fourth-order valence-corrected chi connectivity index (χ4v) is 1.07. The monoisotopic (exact) mass is 231 g/mol. The molecule has 0 aromatic carbocycles. The summed E-state index contributed by atoms with van der Waals surface area (Å²) >= 11 is 0. The molecule has 65 valence electrons. The summed E-state index contributed by atoms with van der Waals surface area (Å²) in [4.78, 5) is 2.43. The predicted molar refractivity (Wildman–Crippen MR) is 46.2 cm³/mol. The van der Waals surface area contributed by atoms with Crippen LogP contribution in [0, 0.1) is 7.43 Å². The molecule has 0 bridgehead atoms. The summed E-state index contributed by atoms with van der Waals surface area (Å²) in [6.07, 6.45) is 0. The molecule has 0 N–H and O–H groups in total. The van der Waals surface area contributed by atoms with Crippen molar-refractivity contribution in [1.82, 2.24) is 4.90 Å². The Kier molecular flexibility index (Phi) is 8.63. The maximum atomic E-state index is 4.18. The van der Waals surface area contributed by atoms with Gasteiger partial charge in [-0.25, -0.2) is 0 Å². The third kappa shape index (κ3) is 3.98. The number of hydrogen-bond acceptors (Lipinski definition) is 1. The maximum absolute atomic E-state index is 4.18. The maximum Gasteiger partial charge on any atom is 0.00374 e. The molecule has 1 aliphatic heterocycles. The summed E-state index contributed by atoms with van der Waals surface area (Å²) < 4.78 is 0. The second-order valence-electron chi connectivity index (χ2n) is 2.96. The van der Waals surface area contributed by atoms with E-state index in [-0.39, 0.29) is 40.1 Å². The van der Waals surface area contributed by atoms with Crippen LogP contribution in [0.4, 0.5) is 0 Å². The summed E-state index contributed by atoms with van der Waals surface area (Å²) in [6.45, 7) is 6.81. The van der Waals surface area contributed by atoms with Gasteiger partial charge in [-0.1, -0.05) is 0 Å². The summed E-state index contributed by atoms with van der Waals surface area (Å²) in [7, 11) is 1.91. The Morgan fingerprint density at radius 1 is 1.36 bits per heavy atom. The van der Waals surface area contributed by atoms with Gasteiger partial charge < -0.3 is 17.6 Å². The first kappa shape index (κ1) is 14.5. The molecule has 3 heteroatoms. The van der Waals surface area contributed by atoms with Gasteiger partial charge in [-0.2, -0.15) is 7.05 Å². The Morgan fingerprint density at radius 3 is 2.09 bits per heavy atom. The van der Waals surface area contributed by atoms with E-state index in [1.165, 1.54) is 13.1 Å². The van der Waals surface area contributed by atoms with Crippen molar-refractivity contribution in [1.29, 1.82) is 0 Å². The van der Waals surface area contributed by atoms with Crippen LogP contribution in [0.25, 0.3) is 5.32 Å². The number of nitrogens with zero attached hydrogens (tertiary/aromatic N) is 2. The van der Waals surface area contributed by atoms with Crippen molar-refractivity contribution in [3.63, 3.8) is 0 Å². The van der Waals surface area contributed by atoms with E-state index in [1.807, 2.05) is 7.05 Å². The Balaban J connectivity index is 0. The Bertz CT molecular complexity index is 90.1. The standard InChI is InChI=1S/C7H15N2.CH3.Y/c1-6(2)9-4-7(5-9)8-3;;/h6-7H,4-5H2,1-3H3;1H3;/q2*-1;. The summed E-state index contributed by atoms with van der Waals surface area (Å²) in [5.74, 6) is 0. The molecule has 1 rings (SSSR count). The van der Waals surface area contributed by atoms with Crippen LogP contribution < -0.4 is 0 Å². The number of likely N-dealkylation sites (tertiary alicyclic amines) is 1. The van der Waals surface area contributed by atoms with Crippen LogP contribution in [0.1, 0.15) is 13.8 Å². The number of hydrogen-bond donors (Lipinski definition) is 0. The largest absolute Gasteiger partial charge is 0.660 e. The molecule has 0 spiro atoms. The molecule has 0 atom stereocenters. The summed E-state index contributed by atoms with van der Waals surface area (Å²) in [5, 5.41) is 4.18. The Hall–Kier alpha value is 1.02. The second kappa shape index (κ2) is 6.53. The van der Waals surface area contributed by atoms with Crippen molar-refractivity contribution in [2.75, 3.05) is 20.1 Å². The van der Waals surface area contributed by atoms with Crippen LogP contribution in [0.15, 0.2) is 0 Å². The normalized spacial score (nSPS) is 18.5. The van der Waals surface area contributed by atoms with Gasteiger partial charge in [-0.3, -0.25) is 0 Å². The molecule has 0 aromatic heterocycles. The molecule has 11 heavy (non-hydrogen) atoms. The first-order valence-electron chi connectivity index (χ1n) is 3.57. The van der Waals surface area contributed by atoms with E-state index in [0.29, 0.717) is 12.1 Å². The van der Waals surface area contributed by atoms with E-state index in [1.54, 1.807) is 0 Å². The molecular formula is C8H18N2Y-2. The van der Waals surface area contributed by atoms with Gasteiger partial charge in [0.05, 0.1) is 0 Å². The minimum atomic E-state index is 0. The molecule has 0 unspecified atom stereocenters. The average Bonchev–Trinajstić information content (AvgIpc) is 1.61. The van der Waals surface area contributed by atoms with Crippen LogP contribution in [-0.4, -0.2) is 37.1 Å². The van der Waals surface area contributed by atoms with Crippen molar-refractivity contribution < 1.29 is 32.7 Å². The van der Waals surface area contributed by atoms with E-state index in [4.69, 9.17) is 0 Å². The zero-order valence-electron chi connectivity index (χ0n) is 8.04. The first-order valence-corrected chi connectivity index (χ1v) is 3.57. The van der Waals surface area contributed by atoms with Crippen LogP contribution in [0.3, 0.4) is 0 Å². The third-order valence-corrected chi connectivity index (χ3v) is 1.99. The minimum Gasteiger partial charge on any atom is -0.660 e. The van der Waals surface area contributed by atoms with Crippen LogP contribution in [-0.2, 0) is 32.7 Å². The molecule has 0 aliphatic carbocycles. The van der Waals surface area contributed by atoms with Gasteiger partial charge in [0.25, 0.3) is 0 Å². The van der Waals surface area contributed by atoms with Crippen molar-refractivity contribution >= 4 is 0 Å². The number of rotatable bonds is 2. The van der Waals surface area contributed by atoms with E-state index < -0.39 is 0 Å². The predicted octanol–water partition coefficient (Wildman–Crippen LogP) is 1.53. The first-order chi connectivity index (χ1) is 4.24. The van der Waals surface area contributed by atoms with E-state index in [0.717, 1.165) is 0 Å². The van der Waals surface area contributed by atoms with Crippen molar-refractivity contribution in [3.05, 3.63) is 12.7 Å². The second-order valence-corrected chi connectivity index (χ2v) is 2.96. The SMILES string of the molecule is C[N-]C1CN(C(C)C)C1.[CH3-].[Y]. The zero-order chi connectivity index (χ0) is 6.85. The topological polar surface area (TPSA) is 17.3 Å². The third-order valence-electron chi connectivity index (χ3n) is 1.99. The van der Waals surface area contributed by atoms with Crippen LogP contribution in [0.5, 0.6) is 0 Å². The summed E-state index contributed by atoms with van der Waals surface area (Å²) in [5.41, 5.74) is 0. The Morgan fingerprint density at radius 2 is 1.82 bits per heavy atom. The molecule has 1 fully saturated rings. The van der Waals surface area contributed by atoms with E-state index in [2.05, 4.69) is 24.1 Å². The molecular weight excluding hydrogens is 213 g/mol. The van der Waals surface area contributed by atoms with Gasteiger partial charge in [0.1, 0.15) is 0 Å². The fraction of sp³-hybridized carbons (Fsp3) is 0.875. The molecule has 1 radical (unpaired) electrons. The fourth-order valence-electron chi connectivity index (χ4n) is 1.07. The van der Waals surface area contributed by atoms with Crippen molar-refractivity contribution in [2.24, 2.45) is 0 Å². The zero-order valence-corrected chi connectivity index (χ0v) is 10.9. The van der Waals surface area contributed by atoms with Gasteiger partial charge in [0.2, 0.25) is 0 Å². The molecule has 2 nitrogen and oxygen atoms in total. The molecule has 0 saturated carbocycles. The quantitative estimate of drug-likeness (QED) is 0.659. The van der Waals surface area contributed by atoms with E-state index >= 15 is 0 Å².